The van der Waals surface area contributed by atoms with Gasteiger partial charge in [0.1, 0.15) is 0 Å². The second-order valence-corrected chi connectivity index (χ2v) is 8.36. The summed E-state index contributed by atoms with van der Waals surface area (Å²) in [5.41, 5.74) is 3.36. The SMILES string of the molecule is O=C1C[C@]23c4ccccc4NC24CCC2(CCCN1[C@@H]23)CC4. The van der Waals surface area contributed by atoms with Gasteiger partial charge in [-0.2, -0.15) is 0 Å². The molecule has 0 radical (unpaired) electrons. The van der Waals surface area contributed by atoms with Gasteiger partial charge in [-0.25, -0.2) is 0 Å². The summed E-state index contributed by atoms with van der Waals surface area (Å²) in [6, 6.07) is 9.29. The zero-order valence-corrected chi connectivity index (χ0v) is 12.9. The van der Waals surface area contributed by atoms with Crippen LogP contribution in [0.1, 0.15) is 50.5 Å². The van der Waals surface area contributed by atoms with Crippen molar-refractivity contribution in [2.24, 2.45) is 5.41 Å². The van der Waals surface area contributed by atoms with Crippen LogP contribution in [0.2, 0.25) is 0 Å². The molecule has 3 aliphatic heterocycles. The molecule has 5 fully saturated rings. The number of benzene rings is 1. The first-order chi connectivity index (χ1) is 10.7. The average molecular weight is 294 g/mol. The van der Waals surface area contributed by atoms with Crippen LogP contribution in [0.3, 0.4) is 0 Å². The topological polar surface area (TPSA) is 32.3 Å². The molecular weight excluding hydrogens is 272 g/mol. The van der Waals surface area contributed by atoms with Gasteiger partial charge in [-0.1, -0.05) is 18.2 Å². The van der Waals surface area contributed by atoms with E-state index in [0.29, 0.717) is 17.4 Å². The fourth-order valence-corrected chi connectivity index (χ4v) is 7.24. The lowest BCUT2D eigenvalue weighted by Crippen LogP contribution is -2.72. The molecule has 2 bridgehead atoms. The van der Waals surface area contributed by atoms with Gasteiger partial charge in [0.2, 0.25) is 5.91 Å². The van der Waals surface area contributed by atoms with E-state index in [1.54, 1.807) is 0 Å². The number of fused-ring (bicyclic) bond motifs is 3. The van der Waals surface area contributed by atoms with E-state index in [1.165, 1.54) is 49.8 Å². The second-order valence-electron chi connectivity index (χ2n) is 8.36. The summed E-state index contributed by atoms with van der Waals surface area (Å²) >= 11 is 0. The Morgan fingerprint density at radius 2 is 1.91 bits per heavy atom. The molecule has 3 aliphatic carbocycles. The van der Waals surface area contributed by atoms with Gasteiger partial charge in [-0.15, -0.1) is 0 Å². The molecule has 1 amide bonds. The second kappa shape index (κ2) is 3.37. The van der Waals surface area contributed by atoms with E-state index in [-0.39, 0.29) is 11.0 Å². The minimum Gasteiger partial charge on any atom is -0.378 e. The van der Waals surface area contributed by atoms with E-state index >= 15 is 0 Å². The van der Waals surface area contributed by atoms with Crippen molar-refractivity contribution in [3.05, 3.63) is 29.8 Å². The fraction of sp³-hybridized carbons (Fsp3) is 0.632. The standard InChI is InChI=1S/C19H22N2O/c22-15-12-19-13-4-1-2-5-14(13)20-18(19)9-7-17(8-10-18)6-3-11-21(15)16(17)19/h1-2,4-5,16,20H,3,6-12H2/t16-,17?,18?,19+/m0/s1. The highest BCUT2D eigenvalue weighted by molar-refractivity contribution is 5.86. The van der Waals surface area contributed by atoms with E-state index in [4.69, 9.17) is 0 Å². The minimum atomic E-state index is 0.0532. The summed E-state index contributed by atoms with van der Waals surface area (Å²) < 4.78 is 0. The summed E-state index contributed by atoms with van der Waals surface area (Å²) in [5, 5.41) is 3.93. The van der Waals surface area contributed by atoms with Crippen molar-refractivity contribution >= 4 is 11.6 Å². The van der Waals surface area contributed by atoms with Gasteiger partial charge < -0.3 is 10.2 Å². The third kappa shape index (κ3) is 0.993. The summed E-state index contributed by atoms with van der Waals surface area (Å²) in [5.74, 6) is 0.417. The highest BCUT2D eigenvalue weighted by Crippen LogP contribution is 2.72. The summed E-state index contributed by atoms with van der Waals surface area (Å²) in [4.78, 5) is 15.2. The number of amides is 1. The Morgan fingerprint density at radius 3 is 2.77 bits per heavy atom. The lowest BCUT2D eigenvalue weighted by Gasteiger charge is -2.66. The van der Waals surface area contributed by atoms with Crippen molar-refractivity contribution in [2.75, 3.05) is 11.9 Å². The van der Waals surface area contributed by atoms with Gasteiger partial charge in [0.15, 0.2) is 0 Å². The van der Waals surface area contributed by atoms with Crippen molar-refractivity contribution in [1.29, 1.82) is 0 Å². The number of piperidine rings is 1. The maximum Gasteiger partial charge on any atom is 0.223 e. The van der Waals surface area contributed by atoms with Crippen LogP contribution < -0.4 is 5.32 Å². The Bertz CT molecular complexity index is 703. The largest absolute Gasteiger partial charge is 0.378 e. The van der Waals surface area contributed by atoms with E-state index in [0.717, 1.165) is 13.0 Å². The molecule has 1 aromatic rings. The van der Waals surface area contributed by atoms with Crippen molar-refractivity contribution in [1.82, 2.24) is 4.90 Å². The van der Waals surface area contributed by atoms with E-state index in [9.17, 15) is 4.79 Å². The molecule has 3 saturated carbocycles. The molecule has 7 rings (SSSR count). The Morgan fingerprint density at radius 1 is 1.09 bits per heavy atom. The van der Waals surface area contributed by atoms with Gasteiger partial charge in [0.25, 0.3) is 0 Å². The van der Waals surface area contributed by atoms with Crippen molar-refractivity contribution < 1.29 is 4.79 Å². The Hall–Kier alpha value is -1.51. The van der Waals surface area contributed by atoms with Gasteiger partial charge in [-0.3, -0.25) is 4.79 Å². The molecule has 22 heavy (non-hydrogen) atoms. The molecule has 3 spiro atoms. The number of carbonyl (C=O) groups is 1. The highest BCUT2D eigenvalue weighted by atomic mass is 16.2. The number of para-hydroxylation sites is 1. The molecule has 2 saturated heterocycles. The lowest BCUT2D eigenvalue weighted by molar-refractivity contribution is -0.138. The first kappa shape index (κ1) is 12.0. The number of rotatable bonds is 0. The number of anilines is 1. The Labute approximate surface area is 131 Å². The quantitative estimate of drug-likeness (QED) is 0.797. The third-order valence-electron chi connectivity index (χ3n) is 7.92. The first-order valence-corrected chi connectivity index (χ1v) is 8.88. The molecule has 3 nitrogen and oxygen atoms in total. The van der Waals surface area contributed by atoms with Crippen LogP contribution in [0.15, 0.2) is 24.3 Å². The monoisotopic (exact) mass is 294 g/mol. The Kier molecular flexibility index (Phi) is 1.83. The van der Waals surface area contributed by atoms with Crippen LogP contribution in [0, 0.1) is 5.41 Å². The third-order valence-corrected chi connectivity index (χ3v) is 7.92. The summed E-state index contributed by atoms with van der Waals surface area (Å²) in [7, 11) is 0. The minimum absolute atomic E-state index is 0.0532. The first-order valence-electron chi connectivity index (χ1n) is 8.88. The lowest BCUT2D eigenvalue weighted by atomic mass is 9.42. The maximum atomic E-state index is 12.9. The van der Waals surface area contributed by atoms with Crippen LogP contribution in [-0.4, -0.2) is 28.9 Å². The van der Waals surface area contributed by atoms with Gasteiger partial charge in [0, 0.05) is 30.2 Å². The average Bonchev–Trinajstić information content (AvgIpc) is 3.02. The molecular formula is C19H22N2O. The molecule has 3 heteroatoms. The van der Waals surface area contributed by atoms with Gasteiger partial charge >= 0.3 is 0 Å². The van der Waals surface area contributed by atoms with Crippen molar-refractivity contribution in [3.8, 4) is 0 Å². The number of hydrogen-bond acceptors (Lipinski definition) is 2. The van der Waals surface area contributed by atoms with Crippen LogP contribution in [-0.2, 0) is 10.2 Å². The molecule has 0 unspecified atom stereocenters. The van der Waals surface area contributed by atoms with Gasteiger partial charge in [-0.05, 0) is 55.6 Å². The van der Waals surface area contributed by atoms with Gasteiger partial charge in [0.05, 0.1) is 5.41 Å². The smallest absolute Gasteiger partial charge is 0.223 e. The maximum absolute atomic E-state index is 12.9. The molecule has 3 heterocycles. The highest BCUT2D eigenvalue weighted by Gasteiger charge is 2.76. The fourth-order valence-electron chi connectivity index (χ4n) is 7.24. The molecule has 1 aromatic carbocycles. The molecule has 1 N–H and O–H groups in total. The normalized spacial score (nSPS) is 47.0. The van der Waals surface area contributed by atoms with Crippen LogP contribution in [0.4, 0.5) is 5.69 Å². The predicted octanol–water partition coefficient (Wildman–Crippen LogP) is 3.06. The van der Waals surface area contributed by atoms with Crippen LogP contribution >= 0.6 is 0 Å². The van der Waals surface area contributed by atoms with Crippen LogP contribution in [0.25, 0.3) is 0 Å². The van der Waals surface area contributed by atoms with Crippen LogP contribution in [0.5, 0.6) is 0 Å². The molecule has 114 valence electrons. The molecule has 6 aliphatic rings. The zero-order valence-electron chi connectivity index (χ0n) is 12.9. The summed E-state index contributed by atoms with van der Waals surface area (Å²) in [6.07, 6.45) is 8.40. The predicted molar refractivity (Wildman–Crippen MR) is 84.7 cm³/mol. The number of nitrogens with zero attached hydrogens (tertiary/aromatic N) is 1. The Balaban J connectivity index is 1.69. The van der Waals surface area contributed by atoms with E-state index < -0.39 is 0 Å². The van der Waals surface area contributed by atoms with Crippen molar-refractivity contribution in [3.63, 3.8) is 0 Å². The molecule has 0 aromatic heterocycles. The van der Waals surface area contributed by atoms with E-state index in [2.05, 4.69) is 34.5 Å². The molecule has 2 atom stereocenters. The van der Waals surface area contributed by atoms with Crippen molar-refractivity contribution in [2.45, 2.75) is 61.9 Å². The number of nitrogens with one attached hydrogen (secondary N) is 1. The zero-order chi connectivity index (χ0) is 14.6. The number of carbonyl (C=O) groups excluding carboxylic acids is 1. The van der Waals surface area contributed by atoms with E-state index in [1.807, 2.05) is 0 Å². The summed E-state index contributed by atoms with van der Waals surface area (Å²) in [6.45, 7) is 0.991. The number of hydrogen-bond donors (Lipinski definition) is 1.